The summed E-state index contributed by atoms with van der Waals surface area (Å²) in [5, 5.41) is 2.12. The molecule has 63 heavy (non-hydrogen) atoms. The van der Waals surface area contributed by atoms with Crippen LogP contribution in [0.25, 0.3) is 61.0 Å². The van der Waals surface area contributed by atoms with E-state index in [1.807, 2.05) is 94.9 Å². The third kappa shape index (κ3) is 6.98. The lowest BCUT2D eigenvalue weighted by Crippen LogP contribution is -2.24. The van der Waals surface area contributed by atoms with E-state index in [9.17, 15) is 0 Å². The lowest BCUT2D eigenvalue weighted by molar-refractivity contribution is 0.483. The van der Waals surface area contributed by atoms with Crippen molar-refractivity contribution in [3.8, 4) is 50.7 Å². The van der Waals surface area contributed by atoms with Crippen LogP contribution in [0.15, 0.2) is 212 Å². The van der Waals surface area contributed by atoms with Crippen LogP contribution in [0.2, 0.25) is 0 Å². The van der Waals surface area contributed by atoms with Gasteiger partial charge in [0.25, 0.3) is 0 Å². The molecule has 0 spiro atoms. The number of rotatable bonds is 8. The van der Waals surface area contributed by atoms with Crippen LogP contribution in [0.5, 0.6) is 11.5 Å². The Labute approximate surface area is 382 Å². The quantitative estimate of drug-likeness (QED) is 0.153. The van der Waals surface area contributed by atoms with Gasteiger partial charge in [0, 0.05) is 45.9 Å². The van der Waals surface area contributed by atoms with Gasteiger partial charge in [0.2, 0.25) is 0 Å². The molecule has 3 heterocycles. The summed E-state index contributed by atoms with van der Waals surface area (Å²) in [4.78, 5) is 8.85. The number of benzene rings is 8. The molecule has 5 nitrogen and oxygen atoms in total. The molecule has 2 aromatic heterocycles. The van der Waals surface area contributed by atoms with E-state index in [0.29, 0.717) is 22.9 Å². The van der Waals surface area contributed by atoms with E-state index in [1.54, 1.807) is 18.2 Å². The smallest absolute Gasteiger partial charge is 0.137 e. The van der Waals surface area contributed by atoms with E-state index in [0.717, 1.165) is 55.7 Å². The summed E-state index contributed by atoms with van der Waals surface area (Å²) in [5.41, 5.74) is 7.92. The molecule has 10 aromatic rings. The van der Waals surface area contributed by atoms with Crippen LogP contribution in [0.3, 0.4) is 0 Å². The van der Waals surface area contributed by atoms with Crippen LogP contribution in [-0.2, 0) is 5.41 Å². The number of hydrogen-bond donors (Lipinski definition) is 0. The Morgan fingerprint density at radius 3 is 1.90 bits per heavy atom. The minimum absolute atomic E-state index is 0.0909. The van der Waals surface area contributed by atoms with Crippen molar-refractivity contribution < 1.29 is 18.4 Å². The second-order valence-corrected chi connectivity index (χ2v) is 16.6. The lowest BCUT2D eigenvalue weighted by Gasteiger charge is -2.27. The van der Waals surface area contributed by atoms with Crippen LogP contribution >= 0.6 is 0 Å². The number of aromatic nitrogens is 2. The third-order valence-electron chi connectivity index (χ3n) is 11.6. The summed E-state index contributed by atoms with van der Waals surface area (Å²) in [6.45, 7) is 6.68. The molecule has 0 amide bonds. The zero-order valence-electron chi connectivity index (χ0n) is 44.8. The molecule has 0 saturated heterocycles. The number of anilines is 4. The average molecular weight is 825 g/mol. The first-order valence-corrected chi connectivity index (χ1v) is 20.8. The zero-order chi connectivity index (χ0) is 51.2. The molecule has 1 aliphatic rings. The molecule has 304 valence electrons. The van der Waals surface area contributed by atoms with Crippen LogP contribution in [0.1, 0.15) is 40.0 Å². The number of hydrogen-bond acceptors (Lipinski definition) is 4. The largest absolute Gasteiger partial charge is 0.457 e. The fraction of sp³-hybridized carbons (Fsp3) is 0.0862. The Balaban J connectivity index is 1.03. The number of para-hydroxylation sites is 3. The summed E-state index contributed by atoms with van der Waals surface area (Å²) in [5.74, 6) is 1.94. The lowest BCUT2D eigenvalue weighted by atomic mass is 9.88. The van der Waals surface area contributed by atoms with Crippen molar-refractivity contribution in [2.45, 2.75) is 26.2 Å². The molecule has 0 atom stereocenters. The Morgan fingerprint density at radius 2 is 1.19 bits per heavy atom. The maximum absolute atomic E-state index is 9.05. The Hall–Kier alpha value is -7.89. The SMILES string of the molecule is [2H]c1c([2H])c([2H])c(-c2cccc(-c3c([2H])c([2H])c([2H])c([2H])c3[2H])c2N2CN(c3cccc(Oc4ccc5c6cc(-c7ccccc7)ccc6n(-c6cc(C(C)(C)C)ccn6)c5c4)c3)c3ccccc32)c([2H])c1[2H]. The van der Waals surface area contributed by atoms with Gasteiger partial charge in [-0.3, -0.25) is 4.57 Å². The van der Waals surface area contributed by atoms with Crippen LogP contribution < -0.4 is 14.5 Å². The van der Waals surface area contributed by atoms with E-state index in [-0.39, 0.29) is 34.3 Å². The molecule has 11 rings (SSSR count). The molecule has 8 aromatic carbocycles. The van der Waals surface area contributed by atoms with Crippen molar-refractivity contribution in [2.24, 2.45) is 0 Å². The Kier molecular flexibility index (Phi) is 7.05. The molecule has 0 unspecified atom stereocenters. The second-order valence-electron chi connectivity index (χ2n) is 16.6. The molecule has 0 saturated carbocycles. The number of fused-ring (bicyclic) bond motifs is 4. The molecule has 5 heteroatoms. The van der Waals surface area contributed by atoms with Gasteiger partial charge in [-0.25, -0.2) is 4.98 Å². The molecular formula is C58H46N4O. The van der Waals surface area contributed by atoms with Crippen LogP contribution in [-0.4, -0.2) is 16.2 Å². The predicted molar refractivity (Wildman–Crippen MR) is 262 cm³/mol. The number of pyridine rings is 1. The van der Waals surface area contributed by atoms with Gasteiger partial charge in [-0.05, 0) is 93.9 Å². The van der Waals surface area contributed by atoms with E-state index in [2.05, 4.69) is 73.9 Å². The highest BCUT2D eigenvalue weighted by Crippen LogP contribution is 2.50. The van der Waals surface area contributed by atoms with Crippen LogP contribution in [0, 0.1) is 0 Å². The van der Waals surface area contributed by atoms with E-state index < -0.39 is 60.4 Å². The summed E-state index contributed by atoms with van der Waals surface area (Å²) in [7, 11) is 0. The van der Waals surface area contributed by atoms with Crippen molar-refractivity contribution in [1.82, 2.24) is 9.55 Å². The summed E-state index contributed by atoms with van der Waals surface area (Å²) in [6.07, 6.45) is 1.86. The highest BCUT2D eigenvalue weighted by Gasteiger charge is 2.31. The van der Waals surface area contributed by atoms with Gasteiger partial charge in [-0.1, -0.05) is 154 Å². The minimum Gasteiger partial charge on any atom is -0.457 e. The van der Waals surface area contributed by atoms with Crippen molar-refractivity contribution in [1.29, 1.82) is 0 Å². The topological polar surface area (TPSA) is 33.5 Å². The first-order valence-electron chi connectivity index (χ1n) is 25.8. The minimum atomic E-state index is -0.551. The first kappa shape index (κ1) is 28.6. The molecular weight excluding hydrogens is 769 g/mol. The van der Waals surface area contributed by atoms with E-state index in [1.165, 1.54) is 0 Å². The highest BCUT2D eigenvalue weighted by molar-refractivity contribution is 6.11. The number of nitrogens with zero attached hydrogens (tertiary/aromatic N) is 4. The highest BCUT2D eigenvalue weighted by atomic mass is 16.5. The van der Waals surface area contributed by atoms with E-state index >= 15 is 0 Å². The second kappa shape index (κ2) is 15.5. The predicted octanol–water partition coefficient (Wildman–Crippen LogP) is 15.5. The Morgan fingerprint density at radius 1 is 0.524 bits per heavy atom. The Bertz CT molecular complexity index is 3740. The van der Waals surface area contributed by atoms with E-state index in [4.69, 9.17) is 23.4 Å². The zero-order valence-corrected chi connectivity index (χ0v) is 34.8. The summed E-state index contributed by atoms with van der Waals surface area (Å²) >= 11 is 0. The van der Waals surface area contributed by atoms with Crippen molar-refractivity contribution in [2.75, 3.05) is 16.5 Å². The fourth-order valence-electron chi connectivity index (χ4n) is 8.61. The standard InChI is InChI=1S/C58H46N4O/c1-58(2,3)44-33-34-59-56(36-44)62-52-32-29-43(40-17-7-4-8-18-40)35-51(52)50-31-30-47(38-55(50)62)63-46-24-15-23-45(37-46)60-39-61(54-28-14-13-27-53(54)60)57-48(41-19-9-5-10-20-41)25-16-26-49(57)42-21-11-6-12-22-42/h4-38H,39H2,1-3H3/i5D,6D,9D,10D,11D,12D,19D,20D,21D,22D. The molecule has 0 bridgehead atoms. The van der Waals surface area contributed by atoms with Gasteiger partial charge < -0.3 is 14.5 Å². The molecule has 0 aliphatic carbocycles. The monoisotopic (exact) mass is 824 g/mol. The third-order valence-corrected chi connectivity index (χ3v) is 11.6. The normalized spacial score (nSPS) is 14.8. The first-order chi connectivity index (χ1) is 35.0. The van der Waals surface area contributed by atoms with Gasteiger partial charge in [-0.2, -0.15) is 0 Å². The van der Waals surface area contributed by atoms with Gasteiger partial charge in [0.05, 0.1) is 41.8 Å². The van der Waals surface area contributed by atoms with Gasteiger partial charge >= 0.3 is 0 Å². The maximum Gasteiger partial charge on any atom is 0.137 e. The maximum atomic E-state index is 9.05. The fourth-order valence-corrected chi connectivity index (χ4v) is 8.61. The average Bonchev–Trinajstić information content (AvgIpc) is 3.94. The molecule has 0 fully saturated rings. The number of ether oxygens (including phenoxy) is 1. The van der Waals surface area contributed by atoms with Gasteiger partial charge in [-0.15, -0.1) is 0 Å². The summed E-state index contributed by atoms with van der Waals surface area (Å²) in [6, 6.07) is 42.3. The molecule has 0 radical (unpaired) electrons. The van der Waals surface area contributed by atoms with Crippen molar-refractivity contribution in [3.63, 3.8) is 0 Å². The summed E-state index contributed by atoms with van der Waals surface area (Å²) < 4.78 is 96.2. The van der Waals surface area contributed by atoms with Crippen molar-refractivity contribution >= 4 is 44.6 Å². The van der Waals surface area contributed by atoms with Gasteiger partial charge in [0.1, 0.15) is 24.0 Å². The van der Waals surface area contributed by atoms with Crippen LogP contribution in [0.4, 0.5) is 22.7 Å². The van der Waals surface area contributed by atoms with Gasteiger partial charge in [0.15, 0.2) is 0 Å². The molecule has 1 aliphatic heterocycles. The van der Waals surface area contributed by atoms with Crippen molar-refractivity contribution in [3.05, 3.63) is 218 Å². The molecule has 0 N–H and O–H groups in total.